The SMILES string of the molecule is C=C(C)c1nc2ccccc2cc1C(C)(C)/C(C)=C/C=C\C(C)O. The number of allylic oxidation sites excluding steroid dienone is 4. The molecule has 0 bridgehead atoms. The van der Waals surface area contributed by atoms with Crippen molar-refractivity contribution in [1.82, 2.24) is 4.98 Å². The van der Waals surface area contributed by atoms with E-state index in [1.165, 1.54) is 11.1 Å². The van der Waals surface area contributed by atoms with E-state index in [1.54, 1.807) is 13.0 Å². The van der Waals surface area contributed by atoms with E-state index in [4.69, 9.17) is 4.98 Å². The first kappa shape index (κ1) is 18.2. The van der Waals surface area contributed by atoms with Gasteiger partial charge in [0, 0.05) is 10.8 Å². The summed E-state index contributed by atoms with van der Waals surface area (Å²) in [5, 5.41) is 10.5. The van der Waals surface area contributed by atoms with Gasteiger partial charge >= 0.3 is 0 Å². The molecule has 0 radical (unpaired) electrons. The van der Waals surface area contributed by atoms with Crippen LogP contribution in [0.5, 0.6) is 0 Å². The minimum atomic E-state index is -0.439. The third-order valence-electron chi connectivity index (χ3n) is 4.52. The zero-order valence-electron chi connectivity index (χ0n) is 15.3. The van der Waals surface area contributed by atoms with Crippen LogP contribution < -0.4 is 0 Å². The molecule has 1 aromatic heterocycles. The number of hydrogen-bond donors (Lipinski definition) is 1. The lowest BCUT2D eigenvalue weighted by Gasteiger charge is -2.29. The monoisotopic (exact) mass is 321 g/mol. The molecular weight excluding hydrogens is 294 g/mol. The predicted molar refractivity (Wildman–Crippen MR) is 104 cm³/mol. The van der Waals surface area contributed by atoms with Gasteiger partial charge in [-0.15, -0.1) is 0 Å². The van der Waals surface area contributed by atoms with E-state index in [9.17, 15) is 5.11 Å². The van der Waals surface area contributed by atoms with E-state index >= 15 is 0 Å². The Labute approximate surface area is 145 Å². The Hall–Kier alpha value is -2.19. The highest BCUT2D eigenvalue weighted by molar-refractivity contribution is 5.82. The number of nitrogens with zero attached hydrogens (tertiary/aromatic N) is 1. The van der Waals surface area contributed by atoms with Crippen LogP contribution in [0.25, 0.3) is 16.5 Å². The molecule has 0 spiro atoms. The molecule has 1 N–H and O–H groups in total. The van der Waals surface area contributed by atoms with Gasteiger partial charge in [-0.2, -0.15) is 0 Å². The van der Waals surface area contributed by atoms with Crippen molar-refractivity contribution < 1.29 is 5.11 Å². The summed E-state index contributed by atoms with van der Waals surface area (Å²) in [4.78, 5) is 4.85. The van der Waals surface area contributed by atoms with Crippen LogP contribution in [0, 0.1) is 0 Å². The Morgan fingerprint density at radius 3 is 2.54 bits per heavy atom. The average Bonchev–Trinajstić information content (AvgIpc) is 2.52. The maximum absolute atomic E-state index is 9.38. The number of aliphatic hydroxyl groups excluding tert-OH is 1. The van der Waals surface area contributed by atoms with Crippen molar-refractivity contribution in [3.8, 4) is 0 Å². The van der Waals surface area contributed by atoms with Crippen molar-refractivity contribution in [3.05, 3.63) is 72.0 Å². The van der Waals surface area contributed by atoms with Gasteiger partial charge in [0.05, 0.1) is 17.3 Å². The molecule has 2 aromatic rings. The number of pyridine rings is 1. The van der Waals surface area contributed by atoms with Gasteiger partial charge in [0.1, 0.15) is 0 Å². The Kier molecular flexibility index (Phi) is 5.40. The maximum Gasteiger partial charge on any atom is 0.0709 e. The summed E-state index contributed by atoms with van der Waals surface area (Å²) in [5.74, 6) is 0. The topological polar surface area (TPSA) is 33.1 Å². The van der Waals surface area contributed by atoms with E-state index in [0.717, 1.165) is 22.2 Å². The van der Waals surface area contributed by atoms with Gasteiger partial charge in [0.2, 0.25) is 0 Å². The van der Waals surface area contributed by atoms with E-state index in [1.807, 2.05) is 31.2 Å². The number of fused-ring (bicyclic) bond motifs is 1. The zero-order valence-corrected chi connectivity index (χ0v) is 15.3. The average molecular weight is 321 g/mol. The molecule has 126 valence electrons. The van der Waals surface area contributed by atoms with E-state index in [2.05, 4.69) is 45.6 Å². The second-order valence-corrected chi connectivity index (χ2v) is 6.96. The quantitative estimate of drug-likeness (QED) is 0.745. The summed E-state index contributed by atoms with van der Waals surface area (Å²) in [6.45, 7) is 14.4. The summed E-state index contributed by atoms with van der Waals surface area (Å²) >= 11 is 0. The molecule has 2 rings (SSSR count). The Balaban J connectivity index is 2.59. The lowest BCUT2D eigenvalue weighted by molar-refractivity contribution is 0.244. The highest BCUT2D eigenvalue weighted by atomic mass is 16.3. The first-order chi connectivity index (χ1) is 11.2. The molecule has 1 heterocycles. The molecular formula is C22H27NO. The van der Waals surface area contributed by atoms with Crippen molar-refractivity contribution in [2.45, 2.75) is 46.1 Å². The van der Waals surface area contributed by atoms with E-state index in [0.29, 0.717) is 0 Å². The van der Waals surface area contributed by atoms with Crippen LogP contribution in [0.4, 0.5) is 0 Å². The predicted octanol–water partition coefficient (Wildman–Crippen LogP) is 5.43. The minimum absolute atomic E-state index is 0.186. The normalized spacial score (nSPS) is 14.3. The van der Waals surface area contributed by atoms with Crippen molar-refractivity contribution in [2.24, 2.45) is 0 Å². The summed E-state index contributed by atoms with van der Waals surface area (Å²) in [6, 6.07) is 10.4. The Morgan fingerprint density at radius 2 is 1.92 bits per heavy atom. The van der Waals surface area contributed by atoms with E-state index in [-0.39, 0.29) is 5.41 Å². The lowest BCUT2D eigenvalue weighted by atomic mass is 9.76. The number of benzene rings is 1. The summed E-state index contributed by atoms with van der Waals surface area (Å²) < 4.78 is 0. The third-order valence-corrected chi connectivity index (χ3v) is 4.52. The fraction of sp³-hybridized carbons (Fsp3) is 0.318. The van der Waals surface area contributed by atoms with Gasteiger partial charge in [-0.05, 0) is 44.0 Å². The minimum Gasteiger partial charge on any atom is -0.389 e. The second kappa shape index (κ2) is 7.14. The van der Waals surface area contributed by atoms with Crippen molar-refractivity contribution in [1.29, 1.82) is 0 Å². The molecule has 1 aromatic carbocycles. The van der Waals surface area contributed by atoms with Crippen molar-refractivity contribution in [2.75, 3.05) is 0 Å². The standard InChI is InChI=1S/C22H27NO/c1-15(2)21-19(14-18-12-7-8-13-20(18)23-21)22(5,6)16(3)10-9-11-17(4)24/h7-14,17,24H,1H2,2-6H3/b11-9-,16-10+. The second-order valence-electron chi connectivity index (χ2n) is 6.96. The van der Waals surface area contributed by atoms with Crippen LogP contribution in [0.15, 0.2) is 60.7 Å². The highest BCUT2D eigenvalue weighted by Crippen LogP contribution is 2.36. The van der Waals surface area contributed by atoms with Crippen molar-refractivity contribution >= 4 is 16.5 Å². The largest absolute Gasteiger partial charge is 0.389 e. The molecule has 0 fully saturated rings. The van der Waals surface area contributed by atoms with Crippen LogP contribution in [-0.4, -0.2) is 16.2 Å². The van der Waals surface area contributed by atoms with Gasteiger partial charge in [-0.3, -0.25) is 0 Å². The fourth-order valence-electron chi connectivity index (χ4n) is 2.70. The molecule has 0 amide bonds. The Morgan fingerprint density at radius 1 is 1.25 bits per heavy atom. The fourth-order valence-corrected chi connectivity index (χ4v) is 2.70. The lowest BCUT2D eigenvalue weighted by Crippen LogP contribution is -2.21. The number of aromatic nitrogens is 1. The van der Waals surface area contributed by atoms with Crippen LogP contribution >= 0.6 is 0 Å². The first-order valence-corrected chi connectivity index (χ1v) is 8.33. The molecule has 0 aliphatic carbocycles. The molecule has 0 saturated heterocycles. The van der Waals surface area contributed by atoms with Crippen LogP contribution in [0.3, 0.4) is 0 Å². The molecule has 0 aliphatic rings. The summed E-state index contributed by atoms with van der Waals surface area (Å²) in [5.41, 5.74) is 5.12. The van der Waals surface area contributed by atoms with Crippen LogP contribution in [-0.2, 0) is 5.41 Å². The van der Waals surface area contributed by atoms with Gasteiger partial charge in [0.15, 0.2) is 0 Å². The summed E-state index contributed by atoms with van der Waals surface area (Å²) in [6.07, 6.45) is 5.31. The van der Waals surface area contributed by atoms with E-state index < -0.39 is 6.10 Å². The molecule has 1 unspecified atom stereocenters. The highest BCUT2D eigenvalue weighted by Gasteiger charge is 2.27. The number of aliphatic hydroxyl groups is 1. The smallest absolute Gasteiger partial charge is 0.0709 e. The van der Waals surface area contributed by atoms with Crippen LogP contribution in [0.1, 0.15) is 45.9 Å². The maximum atomic E-state index is 9.38. The molecule has 0 aliphatic heterocycles. The third kappa shape index (κ3) is 3.82. The molecule has 24 heavy (non-hydrogen) atoms. The van der Waals surface area contributed by atoms with Crippen LogP contribution in [0.2, 0.25) is 0 Å². The molecule has 1 atom stereocenters. The van der Waals surface area contributed by atoms with Gasteiger partial charge in [0.25, 0.3) is 0 Å². The van der Waals surface area contributed by atoms with Gasteiger partial charge in [-0.1, -0.05) is 62.4 Å². The van der Waals surface area contributed by atoms with Gasteiger partial charge in [-0.25, -0.2) is 4.98 Å². The molecule has 2 heteroatoms. The summed E-state index contributed by atoms with van der Waals surface area (Å²) in [7, 11) is 0. The number of para-hydroxylation sites is 1. The van der Waals surface area contributed by atoms with Gasteiger partial charge < -0.3 is 5.11 Å². The molecule has 0 saturated carbocycles. The Bertz CT molecular complexity index is 810. The number of rotatable bonds is 5. The first-order valence-electron chi connectivity index (χ1n) is 8.33. The van der Waals surface area contributed by atoms with Crippen molar-refractivity contribution in [3.63, 3.8) is 0 Å². The zero-order chi connectivity index (χ0) is 17.9. The number of hydrogen-bond acceptors (Lipinski definition) is 2. The molecule has 2 nitrogen and oxygen atoms in total.